The molecule has 1 atom stereocenters. The van der Waals surface area contributed by atoms with Crippen molar-refractivity contribution in [3.8, 4) is 0 Å². The summed E-state index contributed by atoms with van der Waals surface area (Å²) in [5, 5.41) is 0. The predicted molar refractivity (Wildman–Crippen MR) is 57.7 cm³/mol. The van der Waals surface area contributed by atoms with Gasteiger partial charge in [-0.2, -0.15) is 0 Å². The number of methoxy groups -OCH3 is 1. The fourth-order valence-corrected chi connectivity index (χ4v) is 3.50. The van der Waals surface area contributed by atoms with Crippen LogP contribution in [0.4, 0.5) is 0 Å². The number of ether oxygens (including phenoxy) is 1. The first-order valence-electron chi connectivity index (χ1n) is 3.96. The minimum absolute atomic E-state index is 0.425. The third kappa shape index (κ3) is 1.65. The zero-order chi connectivity index (χ0) is 8.55. The second-order valence-corrected chi connectivity index (χ2v) is 5.77. The Kier molecular flexibility index (Phi) is 2.66. The topological polar surface area (TPSA) is 22.1 Å². The molecule has 1 aromatic rings. The average molecular weight is 295 g/mol. The van der Waals surface area contributed by atoms with Crippen molar-refractivity contribution in [2.45, 2.75) is 25.4 Å². The van der Waals surface area contributed by atoms with Gasteiger partial charge in [-0.15, -0.1) is 11.3 Å². The third-order valence-electron chi connectivity index (χ3n) is 2.20. The molecule has 66 valence electrons. The number of hydrogen-bond acceptors (Lipinski definition) is 3. The van der Waals surface area contributed by atoms with Gasteiger partial charge in [0.15, 0.2) is 3.01 Å². The number of hydrogen-bond donors (Lipinski definition) is 0. The summed E-state index contributed by atoms with van der Waals surface area (Å²) in [6, 6.07) is 0. The lowest BCUT2D eigenvalue weighted by Gasteiger charge is -2.18. The molecule has 0 bridgehead atoms. The maximum atomic E-state index is 5.33. The van der Waals surface area contributed by atoms with Crippen molar-refractivity contribution in [1.82, 2.24) is 4.98 Å². The molecule has 2 nitrogen and oxygen atoms in total. The minimum atomic E-state index is 0.425. The Labute approximate surface area is 89.5 Å². The molecule has 1 unspecified atom stereocenters. The molecule has 0 fully saturated rings. The molecule has 0 N–H and O–H groups in total. The highest BCUT2D eigenvalue weighted by Crippen LogP contribution is 2.28. The molecule has 0 spiro atoms. The molecule has 1 aromatic heterocycles. The van der Waals surface area contributed by atoms with Crippen LogP contribution in [-0.4, -0.2) is 18.2 Å². The molecular weight excluding hydrogens is 285 g/mol. The standard InChI is InChI=1S/C8H10INOS/c1-11-5-2-3-6-7(4-5)12-8(9)10-6/h5H,2-4H2,1H3. The van der Waals surface area contributed by atoms with E-state index in [1.165, 1.54) is 10.6 Å². The van der Waals surface area contributed by atoms with Gasteiger partial charge in [-0.3, -0.25) is 0 Å². The first-order valence-corrected chi connectivity index (χ1v) is 5.86. The second kappa shape index (κ2) is 3.59. The smallest absolute Gasteiger partial charge is 0.154 e. The summed E-state index contributed by atoms with van der Waals surface area (Å²) >= 11 is 4.09. The van der Waals surface area contributed by atoms with Crippen molar-refractivity contribution in [1.29, 1.82) is 0 Å². The van der Waals surface area contributed by atoms with E-state index in [-0.39, 0.29) is 0 Å². The molecule has 1 aliphatic carbocycles. The zero-order valence-electron chi connectivity index (χ0n) is 6.84. The Morgan fingerprint density at radius 2 is 2.50 bits per heavy atom. The fourth-order valence-electron chi connectivity index (χ4n) is 1.51. The van der Waals surface area contributed by atoms with E-state index in [9.17, 15) is 0 Å². The van der Waals surface area contributed by atoms with Gasteiger partial charge in [0.25, 0.3) is 0 Å². The van der Waals surface area contributed by atoms with Gasteiger partial charge in [0.05, 0.1) is 11.8 Å². The number of rotatable bonds is 1. The number of nitrogens with zero attached hydrogens (tertiary/aromatic N) is 1. The van der Waals surface area contributed by atoms with Crippen LogP contribution in [0.3, 0.4) is 0 Å². The highest BCUT2D eigenvalue weighted by atomic mass is 127. The summed E-state index contributed by atoms with van der Waals surface area (Å²) < 4.78 is 6.50. The number of thiazole rings is 1. The highest BCUT2D eigenvalue weighted by molar-refractivity contribution is 14.1. The van der Waals surface area contributed by atoms with Crippen LogP contribution in [0.1, 0.15) is 17.0 Å². The van der Waals surface area contributed by atoms with E-state index in [0.29, 0.717) is 6.10 Å². The van der Waals surface area contributed by atoms with Crippen molar-refractivity contribution in [2.24, 2.45) is 0 Å². The van der Waals surface area contributed by atoms with E-state index in [1.807, 2.05) is 0 Å². The van der Waals surface area contributed by atoms with Crippen LogP contribution < -0.4 is 0 Å². The third-order valence-corrected chi connectivity index (χ3v) is 4.01. The maximum Gasteiger partial charge on any atom is 0.154 e. The van der Waals surface area contributed by atoms with Crippen LogP contribution in [0.5, 0.6) is 0 Å². The van der Waals surface area contributed by atoms with Crippen molar-refractivity contribution < 1.29 is 4.74 Å². The van der Waals surface area contributed by atoms with Gasteiger partial charge < -0.3 is 4.74 Å². The number of aromatic nitrogens is 1. The van der Waals surface area contributed by atoms with Gasteiger partial charge in [-0.05, 0) is 35.4 Å². The lowest BCUT2D eigenvalue weighted by atomic mass is 10.0. The Morgan fingerprint density at radius 3 is 3.25 bits per heavy atom. The van der Waals surface area contributed by atoms with Crippen molar-refractivity contribution >= 4 is 33.9 Å². The molecular formula is C8H10INOS. The molecule has 0 amide bonds. The Hall–Kier alpha value is 0.320. The summed E-state index contributed by atoms with van der Waals surface area (Å²) in [5.41, 5.74) is 1.30. The Morgan fingerprint density at radius 1 is 1.67 bits per heavy atom. The molecule has 1 aliphatic rings. The van der Waals surface area contributed by atoms with E-state index in [1.54, 1.807) is 18.4 Å². The van der Waals surface area contributed by atoms with E-state index in [4.69, 9.17) is 4.74 Å². The van der Waals surface area contributed by atoms with Crippen LogP contribution in [0.15, 0.2) is 0 Å². The molecule has 0 aliphatic heterocycles. The largest absolute Gasteiger partial charge is 0.381 e. The van der Waals surface area contributed by atoms with Gasteiger partial charge in [-0.25, -0.2) is 4.98 Å². The van der Waals surface area contributed by atoms with Gasteiger partial charge in [-0.1, -0.05) is 0 Å². The first-order chi connectivity index (χ1) is 5.79. The van der Waals surface area contributed by atoms with Gasteiger partial charge in [0.2, 0.25) is 0 Å². The molecule has 0 radical (unpaired) electrons. The average Bonchev–Trinajstić information content (AvgIpc) is 2.43. The zero-order valence-corrected chi connectivity index (χ0v) is 9.81. The van der Waals surface area contributed by atoms with Crippen LogP contribution in [0, 0.1) is 3.01 Å². The molecule has 0 aromatic carbocycles. The lowest BCUT2D eigenvalue weighted by Crippen LogP contribution is -2.19. The number of halogens is 1. The van der Waals surface area contributed by atoms with E-state index < -0.39 is 0 Å². The van der Waals surface area contributed by atoms with Gasteiger partial charge in [0.1, 0.15) is 0 Å². The summed E-state index contributed by atoms with van der Waals surface area (Å²) in [6.07, 6.45) is 3.71. The van der Waals surface area contributed by atoms with Crippen molar-refractivity contribution in [3.05, 3.63) is 13.6 Å². The fraction of sp³-hybridized carbons (Fsp3) is 0.625. The first kappa shape index (κ1) is 8.90. The van der Waals surface area contributed by atoms with Crippen LogP contribution >= 0.6 is 33.9 Å². The summed E-state index contributed by atoms with van der Waals surface area (Å²) in [6.45, 7) is 0. The van der Waals surface area contributed by atoms with Crippen LogP contribution in [0.2, 0.25) is 0 Å². The van der Waals surface area contributed by atoms with Crippen molar-refractivity contribution in [3.63, 3.8) is 0 Å². The molecule has 4 heteroatoms. The van der Waals surface area contributed by atoms with E-state index in [2.05, 4.69) is 27.6 Å². The number of fused-ring (bicyclic) bond motifs is 1. The quantitative estimate of drug-likeness (QED) is 0.741. The second-order valence-electron chi connectivity index (χ2n) is 2.94. The highest BCUT2D eigenvalue weighted by Gasteiger charge is 2.21. The monoisotopic (exact) mass is 295 g/mol. The Balaban J connectivity index is 2.22. The predicted octanol–water partition coefficient (Wildman–Crippen LogP) is 2.25. The van der Waals surface area contributed by atoms with E-state index >= 15 is 0 Å². The summed E-state index contributed by atoms with van der Waals surface area (Å²) in [5.74, 6) is 0. The van der Waals surface area contributed by atoms with Crippen LogP contribution in [-0.2, 0) is 17.6 Å². The number of aryl methyl sites for hydroxylation is 1. The van der Waals surface area contributed by atoms with Gasteiger partial charge >= 0.3 is 0 Å². The summed E-state index contributed by atoms with van der Waals surface area (Å²) in [7, 11) is 1.79. The lowest BCUT2D eigenvalue weighted by molar-refractivity contribution is 0.0916. The molecule has 2 rings (SSSR count). The van der Waals surface area contributed by atoms with Gasteiger partial charge in [0, 0.05) is 18.4 Å². The normalized spacial score (nSPS) is 22.3. The Bertz CT molecular complexity index is 287. The molecule has 12 heavy (non-hydrogen) atoms. The van der Waals surface area contributed by atoms with E-state index in [0.717, 1.165) is 22.3 Å². The summed E-state index contributed by atoms with van der Waals surface area (Å²) in [4.78, 5) is 5.90. The molecule has 0 saturated heterocycles. The SMILES string of the molecule is COC1CCc2nc(I)sc2C1. The molecule has 0 saturated carbocycles. The maximum absolute atomic E-state index is 5.33. The minimum Gasteiger partial charge on any atom is -0.381 e. The molecule has 1 heterocycles. The van der Waals surface area contributed by atoms with Crippen LogP contribution in [0.25, 0.3) is 0 Å². The van der Waals surface area contributed by atoms with Crippen molar-refractivity contribution in [2.75, 3.05) is 7.11 Å².